The Morgan fingerprint density at radius 2 is 1.84 bits per heavy atom. The summed E-state index contributed by atoms with van der Waals surface area (Å²) in [6, 6.07) is 3.44. The summed E-state index contributed by atoms with van der Waals surface area (Å²) in [6.45, 7) is 10.5. The average Bonchev–Trinajstić information content (AvgIpc) is 2.58. The van der Waals surface area contributed by atoms with Gasteiger partial charge in [0.15, 0.2) is 0 Å². The number of benzene rings is 1. The van der Waals surface area contributed by atoms with Gasteiger partial charge in [-0.1, -0.05) is 60.3 Å². The predicted octanol–water partition coefficient (Wildman–Crippen LogP) is 6.34. The highest BCUT2D eigenvalue weighted by molar-refractivity contribution is 5.97. The van der Waals surface area contributed by atoms with Gasteiger partial charge in [-0.25, -0.2) is 8.78 Å². The Morgan fingerprint density at radius 3 is 2.36 bits per heavy atom. The molecule has 0 bridgehead atoms. The highest BCUT2D eigenvalue weighted by Crippen LogP contribution is 2.30. The number of nitrogens with zero attached hydrogens (tertiary/aromatic N) is 1. The van der Waals surface area contributed by atoms with Crippen molar-refractivity contribution >= 4 is 11.6 Å². The fourth-order valence-corrected chi connectivity index (χ4v) is 2.91. The molecule has 1 aromatic rings. The molecule has 4 heteroatoms. The topological polar surface area (TPSA) is 20.3 Å². The van der Waals surface area contributed by atoms with Crippen molar-refractivity contribution in [2.75, 3.05) is 11.4 Å². The molecule has 1 amide bonds. The van der Waals surface area contributed by atoms with Crippen LogP contribution in [0.3, 0.4) is 0 Å². The Labute approximate surface area is 151 Å². The molecule has 0 N–H and O–H groups in total. The summed E-state index contributed by atoms with van der Waals surface area (Å²) in [5.41, 5.74) is -0.398. The zero-order valence-corrected chi connectivity index (χ0v) is 16.4. The number of amides is 1. The van der Waals surface area contributed by atoms with Crippen molar-refractivity contribution in [1.29, 1.82) is 0 Å². The van der Waals surface area contributed by atoms with Crippen molar-refractivity contribution in [3.05, 3.63) is 29.8 Å². The second-order valence-electron chi connectivity index (χ2n) is 7.50. The van der Waals surface area contributed by atoms with Crippen molar-refractivity contribution in [3.63, 3.8) is 0 Å². The molecular formula is C21H33F2NO. The molecule has 0 spiro atoms. The monoisotopic (exact) mass is 353 g/mol. The molecule has 0 aliphatic heterocycles. The normalized spacial score (nSPS) is 12.9. The van der Waals surface area contributed by atoms with Gasteiger partial charge in [0, 0.05) is 18.0 Å². The molecule has 1 unspecified atom stereocenters. The van der Waals surface area contributed by atoms with Gasteiger partial charge in [0.2, 0.25) is 5.91 Å². The predicted molar refractivity (Wildman–Crippen MR) is 101 cm³/mol. The first kappa shape index (κ1) is 21.6. The van der Waals surface area contributed by atoms with E-state index >= 15 is 0 Å². The largest absolute Gasteiger partial charge is 0.309 e. The Bertz CT molecular complexity index is 557. The van der Waals surface area contributed by atoms with Gasteiger partial charge >= 0.3 is 0 Å². The van der Waals surface area contributed by atoms with E-state index in [1.807, 2.05) is 20.8 Å². The van der Waals surface area contributed by atoms with E-state index in [1.54, 1.807) is 0 Å². The Kier molecular flexibility index (Phi) is 8.54. The SMILES string of the molecule is CCCCC(CC)CCN(C(=O)C(C)(C)CC)c1ccc(F)cc1F. The van der Waals surface area contributed by atoms with Crippen LogP contribution in [0.4, 0.5) is 14.5 Å². The Balaban J connectivity index is 3.05. The molecule has 0 fully saturated rings. The minimum Gasteiger partial charge on any atom is -0.309 e. The third-order valence-corrected chi connectivity index (χ3v) is 5.21. The van der Waals surface area contributed by atoms with Crippen LogP contribution in [-0.4, -0.2) is 12.5 Å². The summed E-state index contributed by atoms with van der Waals surface area (Å²) in [5.74, 6) is -0.894. The molecule has 0 radical (unpaired) electrons. The van der Waals surface area contributed by atoms with Gasteiger partial charge in [0.1, 0.15) is 11.6 Å². The summed E-state index contributed by atoms with van der Waals surface area (Å²) in [5, 5.41) is 0. The van der Waals surface area contributed by atoms with Crippen molar-refractivity contribution in [1.82, 2.24) is 0 Å². The molecule has 0 saturated carbocycles. The van der Waals surface area contributed by atoms with E-state index < -0.39 is 17.0 Å². The second-order valence-corrected chi connectivity index (χ2v) is 7.50. The maximum absolute atomic E-state index is 14.3. The number of carbonyl (C=O) groups is 1. The molecule has 25 heavy (non-hydrogen) atoms. The first-order chi connectivity index (χ1) is 11.8. The number of anilines is 1. The average molecular weight is 353 g/mol. The molecule has 0 aliphatic rings. The highest BCUT2D eigenvalue weighted by atomic mass is 19.1. The third kappa shape index (κ3) is 6.09. The summed E-state index contributed by atoms with van der Waals surface area (Å²) in [6.07, 6.45) is 5.98. The third-order valence-electron chi connectivity index (χ3n) is 5.21. The van der Waals surface area contributed by atoms with Crippen LogP contribution >= 0.6 is 0 Å². The number of hydrogen-bond acceptors (Lipinski definition) is 1. The maximum Gasteiger partial charge on any atom is 0.232 e. The zero-order valence-electron chi connectivity index (χ0n) is 16.4. The molecule has 0 saturated heterocycles. The van der Waals surface area contributed by atoms with Crippen LogP contribution in [0.15, 0.2) is 18.2 Å². The van der Waals surface area contributed by atoms with Gasteiger partial charge in [-0.3, -0.25) is 4.79 Å². The van der Waals surface area contributed by atoms with Crippen molar-refractivity contribution < 1.29 is 13.6 Å². The first-order valence-electron chi connectivity index (χ1n) is 9.53. The van der Waals surface area contributed by atoms with Gasteiger partial charge in [-0.2, -0.15) is 0 Å². The van der Waals surface area contributed by atoms with Crippen LogP contribution in [0, 0.1) is 23.0 Å². The molecule has 2 nitrogen and oxygen atoms in total. The smallest absolute Gasteiger partial charge is 0.232 e. The van der Waals surface area contributed by atoms with Crippen molar-refractivity contribution in [2.24, 2.45) is 11.3 Å². The van der Waals surface area contributed by atoms with E-state index in [-0.39, 0.29) is 11.6 Å². The second kappa shape index (κ2) is 9.88. The molecule has 1 rings (SSSR count). The van der Waals surface area contributed by atoms with E-state index in [0.29, 0.717) is 18.9 Å². The number of unbranched alkanes of at least 4 members (excludes halogenated alkanes) is 1. The number of halogens is 2. The molecule has 1 atom stereocenters. The van der Waals surface area contributed by atoms with Gasteiger partial charge in [-0.05, 0) is 30.9 Å². The summed E-state index contributed by atoms with van der Waals surface area (Å²) < 4.78 is 27.6. The summed E-state index contributed by atoms with van der Waals surface area (Å²) in [4.78, 5) is 14.5. The molecule has 142 valence electrons. The van der Waals surface area contributed by atoms with Crippen LogP contribution in [0.1, 0.15) is 73.1 Å². The maximum atomic E-state index is 14.3. The fraction of sp³-hybridized carbons (Fsp3) is 0.667. The van der Waals surface area contributed by atoms with Crippen molar-refractivity contribution in [3.8, 4) is 0 Å². The van der Waals surface area contributed by atoms with E-state index in [0.717, 1.165) is 38.2 Å². The lowest BCUT2D eigenvalue weighted by molar-refractivity contribution is -0.126. The van der Waals surface area contributed by atoms with E-state index in [9.17, 15) is 13.6 Å². The van der Waals surface area contributed by atoms with Crippen LogP contribution < -0.4 is 4.90 Å². The van der Waals surface area contributed by atoms with Crippen LogP contribution in [0.5, 0.6) is 0 Å². The first-order valence-corrected chi connectivity index (χ1v) is 9.53. The standard InChI is InChI=1S/C21H33F2NO/c1-6-9-10-16(7-2)13-14-24(20(25)21(4,5)8-3)19-12-11-17(22)15-18(19)23/h11-12,15-16H,6-10,13-14H2,1-5H3. The molecule has 0 heterocycles. The van der Waals surface area contributed by atoms with E-state index in [2.05, 4.69) is 13.8 Å². The number of rotatable bonds is 10. The minimum absolute atomic E-state index is 0.106. The fourth-order valence-electron chi connectivity index (χ4n) is 2.91. The van der Waals surface area contributed by atoms with Crippen LogP contribution in [-0.2, 0) is 4.79 Å². The van der Waals surface area contributed by atoms with Gasteiger partial charge < -0.3 is 4.90 Å². The molecular weight excluding hydrogens is 320 g/mol. The van der Waals surface area contributed by atoms with Gasteiger partial charge in [0.25, 0.3) is 0 Å². The number of hydrogen-bond donors (Lipinski definition) is 0. The zero-order chi connectivity index (χ0) is 19.0. The van der Waals surface area contributed by atoms with E-state index in [1.165, 1.54) is 17.0 Å². The summed E-state index contributed by atoms with van der Waals surface area (Å²) >= 11 is 0. The summed E-state index contributed by atoms with van der Waals surface area (Å²) in [7, 11) is 0. The van der Waals surface area contributed by atoms with Crippen molar-refractivity contribution in [2.45, 2.75) is 73.1 Å². The Hall–Kier alpha value is -1.45. The lowest BCUT2D eigenvalue weighted by Gasteiger charge is -2.32. The molecule has 1 aromatic carbocycles. The van der Waals surface area contributed by atoms with Crippen LogP contribution in [0.2, 0.25) is 0 Å². The van der Waals surface area contributed by atoms with E-state index in [4.69, 9.17) is 0 Å². The lowest BCUT2D eigenvalue weighted by atomic mass is 9.87. The quantitative estimate of drug-likeness (QED) is 0.480. The van der Waals surface area contributed by atoms with Gasteiger partial charge in [-0.15, -0.1) is 0 Å². The minimum atomic E-state index is -0.679. The highest BCUT2D eigenvalue weighted by Gasteiger charge is 2.32. The Morgan fingerprint density at radius 1 is 1.16 bits per heavy atom. The van der Waals surface area contributed by atoms with Gasteiger partial charge in [0.05, 0.1) is 5.69 Å². The lowest BCUT2D eigenvalue weighted by Crippen LogP contribution is -2.42. The number of carbonyl (C=O) groups excluding carboxylic acids is 1. The molecule has 0 aliphatic carbocycles. The van der Waals surface area contributed by atoms with Crippen LogP contribution in [0.25, 0.3) is 0 Å². The molecule has 0 aromatic heterocycles.